The molecule has 0 bridgehead atoms. The van der Waals surface area contributed by atoms with Gasteiger partial charge in [0.25, 0.3) is 21.6 Å². The summed E-state index contributed by atoms with van der Waals surface area (Å²) in [5.41, 5.74) is 0.778. The zero-order chi connectivity index (χ0) is 21.8. The standard InChI is InChI=1S/C19H15N3O6S2/c1-10-9-11(22(25)26)7-8-13(10)20-17(23)16-15-12-5-3-4-6-14(12)29-19(15)30(27,28)21(2)18(16)24/h3-9,16H,1-2H3,(H,20,23). The third-order valence-electron chi connectivity index (χ3n) is 4.98. The van der Waals surface area contributed by atoms with E-state index in [1.165, 1.54) is 18.2 Å². The third kappa shape index (κ3) is 2.94. The van der Waals surface area contributed by atoms with E-state index in [1.54, 1.807) is 31.2 Å². The largest absolute Gasteiger partial charge is 0.325 e. The molecule has 0 saturated heterocycles. The van der Waals surface area contributed by atoms with Crippen molar-refractivity contribution in [1.82, 2.24) is 4.31 Å². The number of non-ortho nitro benzene ring substituents is 1. The average molecular weight is 445 g/mol. The number of hydrogen-bond donors (Lipinski definition) is 1. The highest BCUT2D eigenvalue weighted by atomic mass is 32.2. The maximum Gasteiger partial charge on any atom is 0.276 e. The Hall–Kier alpha value is -3.31. The minimum Gasteiger partial charge on any atom is -0.325 e. The van der Waals surface area contributed by atoms with Crippen molar-refractivity contribution < 1.29 is 22.9 Å². The lowest BCUT2D eigenvalue weighted by atomic mass is 9.96. The van der Waals surface area contributed by atoms with Gasteiger partial charge in [0.05, 0.1) is 4.92 Å². The number of nitrogens with zero attached hydrogens (tertiary/aromatic N) is 2. The second-order valence-electron chi connectivity index (χ2n) is 6.79. The Bertz CT molecular complexity index is 1350. The van der Waals surface area contributed by atoms with Gasteiger partial charge in [0, 0.05) is 35.1 Å². The SMILES string of the molecule is Cc1cc([N+](=O)[O-])ccc1NC(=O)C1C(=O)N(C)S(=O)(=O)c2sc3ccccc3c21. The first kappa shape index (κ1) is 20.0. The van der Waals surface area contributed by atoms with Crippen LogP contribution < -0.4 is 5.32 Å². The van der Waals surface area contributed by atoms with Crippen LogP contribution in [0.2, 0.25) is 0 Å². The number of carbonyl (C=O) groups excluding carboxylic acids is 2. The maximum absolute atomic E-state index is 13.1. The molecule has 2 heterocycles. The topological polar surface area (TPSA) is 127 Å². The number of nitrogens with one attached hydrogen (secondary N) is 1. The Morgan fingerprint density at radius 3 is 2.60 bits per heavy atom. The molecule has 30 heavy (non-hydrogen) atoms. The first-order chi connectivity index (χ1) is 14.1. The number of nitro benzene ring substituents is 1. The van der Waals surface area contributed by atoms with Gasteiger partial charge >= 0.3 is 0 Å². The highest BCUT2D eigenvalue weighted by Crippen LogP contribution is 2.44. The van der Waals surface area contributed by atoms with E-state index in [9.17, 15) is 28.1 Å². The molecule has 0 spiro atoms. The number of nitro groups is 1. The summed E-state index contributed by atoms with van der Waals surface area (Å²) in [6.45, 7) is 1.59. The van der Waals surface area contributed by atoms with Crippen LogP contribution in [0.4, 0.5) is 11.4 Å². The van der Waals surface area contributed by atoms with Crippen LogP contribution in [0.15, 0.2) is 46.7 Å². The van der Waals surface area contributed by atoms with E-state index in [-0.39, 0.29) is 15.5 Å². The molecular formula is C19H15N3O6S2. The van der Waals surface area contributed by atoms with Gasteiger partial charge in [-0.3, -0.25) is 19.7 Å². The Balaban J connectivity index is 1.82. The van der Waals surface area contributed by atoms with Crippen molar-refractivity contribution in [1.29, 1.82) is 0 Å². The summed E-state index contributed by atoms with van der Waals surface area (Å²) in [6, 6.07) is 10.8. The minimum absolute atomic E-state index is 0.0358. The van der Waals surface area contributed by atoms with Gasteiger partial charge in [-0.2, -0.15) is 0 Å². The van der Waals surface area contributed by atoms with Crippen molar-refractivity contribution in [2.75, 3.05) is 12.4 Å². The number of fused-ring (bicyclic) bond motifs is 3. The average Bonchev–Trinajstić information content (AvgIpc) is 3.08. The molecule has 4 rings (SSSR count). The van der Waals surface area contributed by atoms with Crippen LogP contribution in [0.25, 0.3) is 10.1 Å². The molecule has 11 heteroatoms. The number of carbonyl (C=O) groups is 2. The lowest BCUT2D eigenvalue weighted by Gasteiger charge is -2.28. The fourth-order valence-electron chi connectivity index (χ4n) is 3.41. The number of hydrogen-bond acceptors (Lipinski definition) is 7. The Morgan fingerprint density at radius 1 is 1.23 bits per heavy atom. The summed E-state index contributed by atoms with van der Waals surface area (Å²) in [5, 5.41) is 14.1. The highest BCUT2D eigenvalue weighted by molar-refractivity contribution is 7.92. The molecule has 1 atom stereocenters. The lowest BCUT2D eigenvalue weighted by Crippen LogP contribution is -2.45. The summed E-state index contributed by atoms with van der Waals surface area (Å²) in [5.74, 6) is -2.93. The molecule has 3 aromatic rings. The predicted octanol–water partition coefficient (Wildman–Crippen LogP) is 3.00. The van der Waals surface area contributed by atoms with Crippen molar-refractivity contribution in [3.63, 3.8) is 0 Å². The minimum atomic E-state index is -4.05. The first-order valence-corrected chi connectivity index (χ1v) is 11.0. The molecule has 0 aliphatic carbocycles. The lowest BCUT2D eigenvalue weighted by molar-refractivity contribution is -0.384. The fourth-order valence-corrected chi connectivity index (χ4v) is 6.50. The van der Waals surface area contributed by atoms with Crippen molar-refractivity contribution >= 4 is 54.6 Å². The number of rotatable bonds is 3. The summed E-state index contributed by atoms with van der Waals surface area (Å²) >= 11 is 1.01. The molecule has 1 aliphatic rings. The molecular weight excluding hydrogens is 430 g/mol. The van der Waals surface area contributed by atoms with E-state index in [1.807, 2.05) is 0 Å². The van der Waals surface area contributed by atoms with Gasteiger partial charge in [-0.15, -0.1) is 11.3 Å². The number of aryl methyl sites for hydroxylation is 1. The van der Waals surface area contributed by atoms with Gasteiger partial charge in [0.15, 0.2) is 0 Å². The second kappa shape index (κ2) is 6.89. The van der Waals surface area contributed by atoms with E-state index in [4.69, 9.17) is 0 Å². The molecule has 1 aliphatic heterocycles. The molecule has 2 amide bonds. The molecule has 154 valence electrons. The van der Waals surface area contributed by atoms with Gasteiger partial charge in [-0.25, -0.2) is 12.7 Å². The van der Waals surface area contributed by atoms with E-state index in [0.29, 0.717) is 25.6 Å². The maximum atomic E-state index is 13.1. The van der Waals surface area contributed by atoms with Crippen LogP contribution in [0.5, 0.6) is 0 Å². The summed E-state index contributed by atoms with van der Waals surface area (Å²) in [4.78, 5) is 36.4. The number of thiophene rings is 1. The first-order valence-electron chi connectivity index (χ1n) is 8.73. The number of amides is 2. The molecule has 1 unspecified atom stereocenters. The smallest absolute Gasteiger partial charge is 0.276 e. The van der Waals surface area contributed by atoms with Gasteiger partial charge in [0.1, 0.15) is 10.1 Å². The number of sulfonamides is 1. The Morgan fingerprint density at radius 2 is 1.93 bits per heavy atom. The number of benzene rings is 2. The van der Waals surface area contributed by atoms with Crippen LogP contribution in [-0.4, -0.2) is 36.5 Å². The predicted molar refractivity (Wildman–Crippen MR) is 111 cm³/mol. The van der Waals surface area contributed by atoms with Gasteiger partial charge < -0.3 is 5.32 Å². The van der Waals surface area contributed by atoms with Crippen LogP contribution >= 0.6 is 11.3 Å². The summed E-state index contributed by atoms with van der Waals surface area (Å²) < 4.78 is 26.8. The van der Waals surface area contributed by atoms with Crippen molar-refractivity contribution in [3.8, 4) is 0 Å². The van der Waals surface area contributed by atoms with Gasteiger partial charge in [-0.1, -0.05) is 18.2 Å². The normalized spacial score (nSPS) is 17.6. The van der Waals surface area contributed by atoms with E-state index >= 15 is 0 Å². The zero-order valence-electron chi connectivity index (χ0n) is 15.8. The molecule has 9 nitrogen and oxygen atoms in total. The Labute approximate surface area is 175 Å². The third-order valence-corrected chi connectivity index (χ3v) is 8.43. The van der Waals surface area contributed by atoms with Crippen molar-refractivity contribution in [3.05, 3.63) is 63.7 Å². The molecule has 0 saturated carbocycles. The van der Waals surface area contributed by atoms with E-state index in [2.05, 4.69) is 5.32 Å². The fraction of sp³-hybridized carbons (Fsp3) is 0.158. The van der Waals surface area contributed by atoms with E-state index < -0.39 is 32.7 Å². The molecule has 0 fully saturated rings. The molecule has 1 N–H and O–H groups in total. The van der Waals surface area contributed by atoms with Crippen molar-refractivity contribution in [2.45, 2.75) is 17.1 Å². The number of likely N-dealkylation sites (N-methyl/N-ethyl adjacent to an activating group) is 1. The summed E-state index contributed by atoms with van der Waals surface area (Å²) in [6.07, 6.45) is 0. The molecule has 1 aromatic heterocycles. The Kier molecular flexibility index (Phi) is 4.59. The van der Waals surface area contributed by atoms with Crippen LogP contribution in [0, 0.1) is 17.0 Å². The van der Waals surface area contributed by atoms with Gasteiger partial charge in [-0.05, 0) is 30.0 Å². The van der Waals surface area contributed by atoms with Crippen LogP contribution in [0.3, 0.4) is 0 Å². The second-order valence-corrected chi connectivity index (χ2v) is 10.0. The molecule has 2 aromatic carbocycles. The van der Waals surface area contributed by atoms with Crippen LogP contribution in [0.1, 0.15) is 17.0 Å². The summed E-state index contributed by atoms with van der Waals surface area (Å²) in [7, 11) is -2.92. The van der Waals surface area contributed by atoms with E-state index in [0.717, 1.165) is 18.4 Å². The van der Waals surface area contributed by atoms with Gasteiger partial charge in [0.2, 0.25) is 5.91 Å². The zero-order valence-corrected chi connectivity index (χ0v) is 17.4. The van der Waals surface area contributed by atoms with Crippen molar-refractivity contribution in [2.24, 2.45) is 0 Å². The highest BCUT2D eigenvalue weighted by Gasteiger charge is 2.47. The molecule has 0 radical (unpaired) electrons. The van der Waals surface area contributed by atoms with Crippen LogP contribution in [-0.2, 0) is 19.6 Å². The number of anilines is 1. The monoisotopic (exact) mass is 445 g/mol. The quantitative estimate of drug-likeness (QED) is 0.375.